The lowest BCUT2D eigenvalue weighted by atomic mass is 9.95. The third-order valence-electron chi connectivity index (χ3n) is 2.91. The van der Waals surface area contributed by atoms with E-state index in [1.807, 2.05) is 0 Å². The lowest BCUT2D eigenvalue weighted by Crippen LogP contribution is -2.10. The fourth-order valence-corrected chi connectivity index (χ4v) is 2.00. The van der Waals surface area contributed by atoms with Gasteiger partial charge in [-0.15, -0.1) is 0 Å². The van der Waals surface area contributed by atoms with Crippen LogP contribution in [-0.4, -0.2) is 13.1 Å². The lowest BCUT2D eigenvalue weighted by Gasteiger charge is -2.15. The van der Waals surface area contributed by atoms with Gasteiger partial charge in [0.2, 0.25) is 0 Å². The van der Waals surface area contributed by atoms with Crippen molar-refractivity contribution in [2.75, 3.05) is 7.11 Å². The number of halogens is 4. The maximum Gasteiger partial charge on any atom is 0.417 e. The monoisotopic (exact) mass is 298 g/mol. The molecule has 2 aromatic carbocycles. The van der Waals surface area contributed by atoms with Crippen LogP contribution in [0.5, 0.6) is 0 Å². The first kappa shape index (κ1) is 15.0. The molecule has 6 heteroatoms. The maximum atomic E-state index is 13.3. The summed E-state index contributed by atoms with van der Waals surface area (Å²) in [4.78, 5) is 11.7. The van der Waals surface area contributed by atoms with Crippen LogP contribution in [0.2, 0.25) is 0 Å². The number of ether oxygens (including phenoxy) is 1. The van der Waals surface area contributed by atoms with Crippen molar-refractivity contribution < 1.29 is 27.1 Å². The Labute approximate surface area is 118 Å². The zero-order valence-corrected chi connectivity index (χ0v) is 10.9. The van der Waals surface area contributed by atoms with Gasteiger partial charge in [0.05, 0.1) is 18.2 Å². The first-order chi connectivity index (χ1) is 9.84. The van der Waals surface area contributed by atoms with Crippen LogP contribution in [-0.2, 0) is 10.9 Å². The minimum Gasteiger partial charge on any atom is -0.465 e. The molecule has 0 unspecified atom stereocenters. The van der Waals surface area contributed by atoms with Gasteiger partial charge in [0, 0.05) is 0 Å². The van der Waals surface area contributed by atoms with Crippen LogP contribution in [0.15, 0.2) is 42.5 Å². The lowest BCUT2D eigenvalue weighted by molar-refractivity contribution is -0.137. The van der Waals surface area contributed by atoms with Crippen molar-refractivity contribution in [2.24, 2.45) is 0 Å². The van der Waals surface area contributed by atoms with Crippen molar-refractivity contribution in [2.45, 2.75) is 6.18 Å². The molecule has 0 aliphatic rings. The summed E-state index contributed by atoms with van der Waals surface area (Å²) in [6, 6.07) is 7.76. The van der Waals surface area contributed by atoms with Gasteiger partial charge in [-0.25, -0.2) is 9.18 Å². The van der Waals surface area contributed by atoms with Crippen molar-refractivity contribution in [3.63, 3.8) is 0 Å². The molecule has 110 valence electrons. The molecule has 0 atom stereocenters. The second kappa shape index (κ2) is 5.55. The fraction of sp³-hybridized carbons (Fsp3) is 0.133. The van der Waals surface area contributed by atoms with Gasteiger partial charge in [0.1, 0.15) is 5.82 Å². The Morgan fingerprint density at radius 3 is 2.33 bits per heavy atom. The van der Waals surface area contributed by atoms with Crippen LogP contribution in [0.4, 0.5) is 17.6 Å². The number of benzene rings is 2. The highest BCUT2D eigenvalue weighted by Crippen LogP contribution is 2.38. The van der Waals surface area contributed by atoms with E-state index >= 15 is 0 Å². The number of hydrogen-bond donors (Lipinski definition) is 0. The minimum atomic E-state index is -4.58. The molecule has 0 saturated carbocycles. The summed E-state index contributed by atoms with van der Waals surface area (Å²) in [6.07, 6.45) is -4.58. The van der Waals surface area contributed by atoms with E-state index in [1.165, 1.54) is 18.2 Å². The normalized spacial score (nSPS) is 11.3. The molecule has 2 rings (SSSR count). The molecule has 21 heavy (non-hydrogen) atoms. The molecule has 0 aliphatic carbocycles. The number of rotatable bonds is 2. The first-order valence-electron chi connectivity index (χ1n) is 5.89. The van der Waals surface area contributed by atoms with Gasteiger partial charge >= 0.3 is 12.1 Å². The molecule has 0 N–H and O–H groups in total. The summed E-state index contributed by atoms with van der Waals surface area (Å²) < 4.78 is 56.9. The highest BCUT2D eigenvalue weighted by molar-refractivity contribution is 5.97. The number of alkyl halides is 3. The van der Waals surface area contributed by atoms with Gasteiger partial charge in [0.15, 0.2) is 0 Å². The highest BCUT2D eigenvalue weighted by atomic mass is 19.4. The molecule has 0 aromatic heterocycles. The molecule has 0 radical (unpaired) electrons. The molecule has 0 spiro atoms. The Morgan fingerprint density at radius 1 is 1.05 bits per heavy atom. The van der Waals surface area contributed by atoms with E-state index in [2.05, 4.69) is 4.74 Å². The first-order valence-corrected chi connectivity index (χ1v) is 5.89. The summed E-state index contributed by atoms with van der Waals surface area (Å²) in [7, 11) is 1.08. The zero-order chi connectivity index (χ0) is 15.6. The van der Waals surface area contributed by atoms with E-state index in [4.69, 9.17) is 0 Å². The topological polar surface area (TPSA) is 26.3 Å². The average molecular weight is 298 g/mol. The molecular weight excluding hydrogens is 288 g/mol. The summed E-state index contributed by atoms with van der Waals surface area (Å²) in [5.41, 5.74) is -1.39. The number of carbonyl (C=O) groups excluding carboxylic acids is 1. The van der Waals surface area contributed by atoms with Crippen LogP contribution < -0.4 is 0 Å². The van der Waals surface area contributed by atoms with Gasteiger partial charge in [-0.3, -0.25) is 0 Å². The number of hydrogen-bond acceptors (Lipinski definition) is 2. The van der Waals surface area contributed by atoms with E-state index in [9.17, 15) is 22.4 Å². The van der Waals surface area contributed by atoms with Crippen molar-refractivity contribution in [1.82, 2.24) is 0 Å². The van der Waals surface area contributed by atoms with Crippen molar-refractivity contribution in [1.29, 1.82) is 0 Å². The van der Waals surface area contributed by atoms with Crippen LogP contribution in [0.3, 0.4) is 0 Å². The van der Waals surface area contributed by atoms with Crippen molar-refractivity contribution in [3.05, 3.63) is 59.4 Å². The van der Waals surface area contributed by atoms with Gasteiger partial charge in [-0.2, -0.15) is 13.2 Å². The van der Waals surface area contributed by atoms with Gasteiger partial charge in [0.25, 0.3) is 0 Å². The Hall–Kier alpha value is -2.37. The molecular formula is C15H10F4O2. The van der Waals surface area contributed by atoms with Crippen LogP contribution in [0, 0.1) is 5.82 Å². The third-order valence-corrected chi connectivity index (χ3v) is 2.91. The highest BCUT2D eigenvalue weighted by Gasteiger charge is 2.34. The molecule has 0 heterocycles. The van der Waals surface area contributed by atoms with E-state index in [0.29, 0.717) is 0 Å². The van der Waals surface area contributed by atoms with E-state index in [1.54, 1.807) is 0 Å². The summed E-state index contributed by atoms with van der Waals surface area (Å²) in [6.45, 7) is 0. The second-order valence-electron chi connectivity index (χ2n) is 4.22. The molecule has 2 aromatic rings. The second-order valence-corrected chi connectivity index (χ2v) is 4.22. The predicted molar refractivity (Wildman–Crippen MR) is 68.2 cm³/mol. The molecule has 0 saturated heterocycles. The van der Waals surface area contributed by atoms with Gasteiger partial charge < -0.3 is 4.74 Å². The predicted octanol–water partition coefficient (Wildman–Crippen LogP) is 4.30. The Bertz CT molecular complexity index is 678. The summed E-state index contributed by atoms with van der Waals surface area (Å²) in [5, 5.41) is 0. The quantitative estimate of drug-likeness (QED) is 0.610. The Morgan fingerprint density at radius 2 is 1.71 bits per heavy atom. The van der Waals surface area contributed by atoms with E-state index in [0.717, 1.165) is 31.4 Å². The average Bonchev–Trinajstić information content (AvgIpc) is 2.45. The summed E-state index contributed by atoms with van der Waals surface area (Å²) in [5.74, 6) is -1.63. The molecule has 0 bridgehead atoms. The number of methoxy groups -OCH3 is 1. The SMILES string of the molecule is COC(=O)c1cc(F)ccc1-c1ccccc1C(F)(F)F. The summed E-state index contributed by atoms with van der Waals surface area (Å²) >= 11 is 0. The third kappa shape index (κ3) is 3.04. The molecule has 2 nitrogen and oxygen atoms in total. The van der Waals surface area contributed by atoms with Crippen LogP contribution >= 0.6 is 0 Å². The van der Waals surface area contributed by atoms with Crippen molar-refractivity contribution >= 4 is 5.97 Å². The fourth-order valence-electron chi connectivity index (χ4n) is 2.00. The Balaban J connectivity index is 2.71. The van der Waals surface area contributed by atoms with Gasteiger partial charge in [-0.05, 0) is 29.3 Å². The minimum absolute atomic E-state index is 0.0313. The Kier molecular flexibility index (Phi) is 3.97. The van der Waals surface area contributed by atoms with Crippen LogP contribution in [0.1, 0.15) is 15.9 Å². The zero-order valence-electron chi connectivity index (χ0n) is 10.9. The largest absolute Gasteiger partial charge is 0.465 e. The van der Waals surface area contributed by atoms with Crippen molar-refractivity contribution in [3.8, 4) is 11.1 Å². The number of esters is 1. The van der Waals surface area contributed by atoms with Gasteiger partial charge in [-0.1, -0.05) is 24.3 Å². The smallest absolute Gasteiger partial charge is 0.417 e. The number of carbonyl (C=O) groups is 1. The molecule has 0 fully saturated rings. The van der Waals surface area contributed by atoms with E-state index < -0.39 is 23.5 Å². The molecule has 0 amide bonds. The van der Waals surface area contributed by atoms with E-state index in [-0.39, 0.29) is 16.7 Å². The standard InChI is InChI=1S/C15H10F4O2/c1-21-14(20)12-8-9(16)6-7-10(12)11-4-2-3-5-13(11)15(17,18)19/h2-8H,1H3. The maximum absolute atomic E-state index is 13.3. The van der Waals surface area contributed by atoms with Crippen LogP contribution in [0.25, 0.3) is 11.1 Å². The molecule has 0 aliphatic heterocycles.